The highest BCUT2D eigenvalue weighted by atomic mass is 19.3. The van der Waals surface area contributed by atoms with Crippen molar-refractivity contribution in [3.05, 3.63) is 48.0 Å². The summed E-state index contributed by atoms with van der Waals surface area (Å²) in [7, 11) is 1.35. The molecule has 2 aliphatic rings. The van der Waals surface area contributed by atoms with Crippen LogP contribution in [-0.4, -0.2) is 25.4 Å². The van der Waals surface area contributed by atoms with Crippen molar-refractivity contribution in [1.29, 1.82) is 0 Å². The summed E-state index contributed by atoms with van der Waals surface area (Å²) in [5.41, 5.74) is 1.18. The van der Waals surface area contributed by atoms with Crippen molar-refractivity contribution in [2.24, 2.45) is 0 Å². The molecule has 30 heavy (non-hydrogen) atoms. The number of fused-ring (bicyclic) bond motifs is 1. The van der Waals surface area contributed by atoms with Gasteiger partial charge in [-0.3, -0.25) is 4.79 Å². The number of carbonyl (C=O) groups is 1. The third-order valence-corrected chi connectivity index (χ3v) is 5.00. The van der Waals surface area contributed by atoms with Gasteiger partial charge in [-0.25, -0.2) is 0 Å². The quantitative estimate of drug-likeness (QED) is 0.671. The number of hydrogen-bond acceptors (Lipinski definition) is 5. The van der Waals surface area contributed by atoms with E-state index in [1.165, 1.54) is 25.3 Å². The maximum Gasteiger partial charge on any atom is 0.387 e. The molecule has 0 aromatic heterocycles. The van der Waals surface area contributed by atoms with Crippen molar-refractivity contribution < 1.29 is 32.5 Å². The van der Waals surface area contributed by atoms with Gasteiger partial charge in [0.25, 0.3) is 5.79 Å². The Kier molecular flexibility index (Phi) is 5.48. The maximum absolute atomic E-state index is 12.4. The summed E-state index contributed by atoms with van der Waals surface area (Å²) in [5, 5.41) is 2.77. The molecule has 158 valence electrons. The van der Waals surface area contributed by atoms with E-state index in [1.807, 2.05) is 0 Å². The van der Waals surface area contributed by atoms with Gasteiger partial charge < -0.3 is 24.3 Å². The SMILES string of the molecule is COc1cc(/C=C/C(=O)Nc2ccc3c(c2)OC2(CCCC2)O3)ccc1OC(F)F. The number of anilines is 1. The standard InChI is InChI=1S/C22H21F2NO5/c1-27-18-12-14(4-7-16(18)28-21(23)24)5-9-20(26)25-15-6-8-17-19(13-15)30-22(29-17)10-2-3-11-22/h4-9,12-13,21H,2-3,10-11H2,1H3,(H,25,26)/b9-5+. The van der Waals surface area contributed by atoms with Crippen molar-refractivity contribution in [2.75, 3.05) is 12.4 Å². The molecule has 0 atom stereocenters. The number of benzene rings is 2. The Hall–Kier alpha value is -3.29. The Morgan fingerprint density at radius 2 is 1.87 bits per heavy atom. The fraction of sp³-hybridized carbons (Fsp3) is 0.318. The molecular weight excluding hydrogens is 396 g/mol. The zero-order valence-corrected chi connectivity index (χ0v) is 16.3. The van der Waals surface area contributed by atoms with E-state index in [1.54, 1.807) is 30.3 Å². The molecule has 1 saturated carbocycles. The molecule has 0 unspecified atom stereocenters. The molecule has 6 nitrogen and oxygen atoms in total. The van der Waals surface area contributed by atoms with Crippen LogP contribution >= 0.6 is 0 Å². The summed E-state index contributed by atoms with van der Waals surface area (Å²) in [6.45, 7) is -2.95. The van der Waals surface area contributed by atoms with Crippen LogP contribution in [0.2, 0.25) is 0 Å². The van der Waals surface area contributed by atoms with Crippen LogP contribution in [0.15, 0.2) is 42.5 Å². The van der Waals surface area contributed by atoms with E-state index in [4.69, 9.17) is 14.2 Å². The number of rotatable bonds is 6. The minimum absolute atomic E-state index is 0.0745. The molecule has 1 aliphatic heterocycles. The number of ether oxygens (including phenoxy) is 4. The van der Waals surface area contributed by atoms with Crippen molar-refractivity contribution in [3.63, 3.8) is 0 Å². The van der Waals surface area contributed by atoms with Crippen LogP contribution in [0.4, 0.5) is 14.5 Å². The van der Waals surface area contributed by atoms with Crippen LogP contribution in [0.1, 0.15) is 31.2 Å². The predicted octanol–water partition coefficient (Wildman–Crippen LogP) is 4.99. The van der Waals surface area contributed by atoms with Gasteiger partial charge in [-0.05, 0) is 48.7 Å². The van der Waals surface area contributed by atoms with Crippen LogP contribution in [0.3, 0.4) is 0 Å². The fourth-order valence-electron chi connectivity index (χ4n) is 3.63. The lowest BCUT2D eigenvalue weighted by Crippen LogP contribution is -2.34. The molecule has 2 aromatic rings. The van der Waals surface area contributed by atoms with Gasteiger partial charge in [0, 0.05) is 30.7 Å². The van der Waals surface area contributed by atoms with E-state index in [0.717, 1.165) is 25.7 Å². The lowest BCUT2D eigenvalue weighted by atomic mass is 10.2. The highest BCUT2D eigenvalue weighted by Crippen LogP contribution is 2.47. The minimum atomic E-state index is -2.95. The van der Waals surface area contributed by atoms with Crippen molar-refractivity contribution in [2.45, 2.75) is 38.1 Å². The van der Waals surface area contributed by atoms with Crippen molar-refractivity contribution in [3.8, 4) is 23.0 Å². The van der Waals surface area contributed by atoms with E-state index in [9.17, 15) is 13.6 Å². The van der Waals surface area contributed by atoms with Gasteiger partial charge in [0.05, 0.1) is 7.11 Å². The topological polar surface area (TPSA) is 66.0 Å². The molecule has 1 spiro atoms. The number of alkyl halides is 2. The number of methoxy groups -OCH3 is 1. The predicted molar refractivity (Wildman–Crippen MR) is 106 cm³/mol. The van der Waals surface area contributed by atoms with E-state index in [0.29, 0.717) is 22.7 Å². The molecule has 8 heteroatoms. The summed E-state index contributed by atoms with van der Waals surface area (Å²) < 4.78 is 46.2. The van der Waals surface area contributed by atoms with Crippen LogP contribution < -0.4 is 24.3 Å². The number of carbonyl (C=O) groups excluding carboxylic acids is 1. The average Bonchev–Trinajstić information content (AvgIpc) is 3.32. The van der Waals surface area contributed by atoms with E-state index < -0.39 is 12.4 Å². The van der Waals surface area contributed by atoms with Gasteiger partial charge in [0.2, 0.25) is 5.91 Å². The van der Waals surface area contributed by atoms with Gasteiger partial charge in [0.15, 0.2) is 23.0 Å². The number of hydrogen-bond donors (Lipinski definition) is 1. The van der Waals surface area contributed by atoms with Crippen LogP contribution in [-0.2, 0) is 4.79 Å². The molecule has 2 aromatic carbocycles. The van der Waals surface area contributed by atoms with Gasteiger partial charge in [-0.15, -0.1) is 0 Å². The largest absolute Gasteiger partial charge is 0.493 e. The molecule has 1 fully saturated rings. The molecule has 1 aliphatic carbocycles. The lowest BCUT2D eigenvalue weighted by molar-refractivity contribution is -0.111. The Morgan fingerprint density at radius 3 is 2.60 bits per heavy atom. The highest BCUT2D eigenvalue weighted by molar-refractivity contribution is 6.02. The number of amides is 1. The molecule has 0 radical (unpaired) electrons. The lowest BCUT2D eigenvalue weighted by Gasteiger charge is -2.21. The minimum Gasteiger partial charge on any atom is -0.493 e. The first kappa shape index (κ1) is 20.0. The molecule has 1 amide bonds. The molecule has 0 bridgehead atoms. The van der Waals surface area contributed by atoms with Gasteiger partial charge in [0.1, 0.15) is 0 Å². The second-order valence-electron chi connectivity index (χ2n) is 7.09. The van der Waals surface area contributed by atoms with Gasteiger partial charge in [-0.2, -0.15) is 8.78 Å². The summed E-state index contributed by atoms with van der Waals surface area (Å²) >= 11 is 0. The van der Waals surface area contributed by atoms with Gasteiger partial charge >= 0.3 is 6.61 Å². The molecule has 4 rings (SSSR count). The maximum atomic E-state index is 12.4. The second kappa shape index (κ2) is 8.22. The third kappa shape index (κ3) is 4.32. The smallest absolute Gasteiger partial charge is 0.387 e. The zero-order valence-electron chi connectivity index (χ0n) is 16.3. The summed E-state index contributed by atoms with van der Waals surface area (Å²) in [6.07, 6.45) is 6.74. The highest BCUT2D eigenvalue weighted by Gasteiger charge is 2.44. The van der Waals surface area contributed by atoms with Crippen LogP contribution in [0.5, 0.6) is 23.0 Å². The van der Waals surface area contributed by atoms with Crippen molar-refractivity contribution >= 4 is 17.7 Å². The first-order chi connectivity index (χ1) is 14.5. The third-order valence-electron chi connectivity index (χ3n) is 5.00. The fourth-order valence-corrected chi connectivity index (χ4v) is 3.63. The molecule has 0 saturated heterocycles. The monoisotopic (exact) mass is 417 g/mol. The first-order valence-corrected chi connectivity index (χ1v) is 9.60. The molecule has 1 heterocycles. The first-order valence-electron chi connectivity index (χ1n) is 9.60. The van der Waals surface area contributed by atoms with Crippen LogP contribution in [0, 0.1) is 0 Å². The van der Waals surface area contributed by atoms with E-state index in [2.05, 4.69) is 10.1 Å². The Labute approximate surface area is 172 Å². The average molecular weight is 417 g/mol. The second-order valence-corrected chi connectivity index (χ2v) is 7.09. The Balaban J connectivity index is 1.40. The molecular formula is C22H21F2NO5. The van der Waals surface area contributed by atoms with E-state index >= 15 is 0 Å². The summed E-state index contributed by atoms with van der Waals surface area (Å²) in [5.74, 6) is 0.478. The normalized spacial score (nSPS) is 16.4. The number of halogens is 2. The number of nitrogens with one attached hydrogen (secondary N) is 1. The van der Waals surface area contributed by atoms with Gasteiger partial charge in [-0.1, -0.05) is 6.07 Å². The summed E-state index contributed by atoms with van der Waals surface area (Å²) in [4.78, 5) is 12.3. The van der Waals surface area contributed by atoms with Crippen molar-refractivity contribution in [1.82, 2.24) is 0 Å². The molecule has 1 N–H and O–H groups in total. The summed E-state index contributed by atoms with van der Waals surface area (Å²) in [6, 6.07) is 9.69. The zero-order chi connectivity index (χ0) is 21.1. The Bertz CT molecular complexity index is 970. The van der Waals surface area contributed by atoms with E-state index in [-0.39, 0.29) is 17.4 Å². The van der Waals surface area contributed by atoms with Crippen LogP contribution in [0.25, 0.3) is 6.08 Å². The Morgan fingerprint density at radius 1 is 1.10 bits per heavy atom.